The monoisotopic (exact) mass is 449 g/mol. The number of carbonyl (C=O) groups is 3. The van der Waals surface area contributed by atoms with Crippen molar-refractivity contribution in [2.45, 2.75) is 32.5 Å². The molecule has 1 aromatic heterocycles. The van der Waals surface area contributed by atoms with Gasteiger partial charge in [0.2, 0.25) is 5.91 Å². The summed E-state index contributed by atoms with van der Waals surface area (Å²) in [5.41, 5.74) is 4.95. The molecule has 2 aromatic carbocycles. The maximum atomic E-state index is 13.1. The molecular weight excluding hydrogens is 422 g/mol. The molecule has 1 aliphatic heterocycles. The number of benzene rings is 2. The second-order valence-electron chi connectivity index (χ2n) is 8.36. The van der Waals surface area contributed by atoms with Gasteiger partial charge in [-0.3, -0.25) is 14.4 Å². The first kappa shape index (κ1) is 22.3. The minimum absolute atomic E-state index is 0.0699. The normalized spacial score (nSPS) is 15.6. The number of aromatic amines is 1. The van der Waals surface area contributed by atoms with Gasteiger partial charge in [0.25, 0.3) is 5.91 Å². The van der Waals surface area contributed by atoms with E-state index in [0.717, 1.165) is 22.2 Å². The highest BCUT2D eigenvalue weighted by Crippen LogP contribution is 2.26. The van der Waals surface area contributed by atoms with Crippen LogP contribution in [0.1, 0.15) is 33.7 Å². The number of esters is 1. The van der Waals surface area contributed by atoms with Gasteiger partial charge >= 0.3 is 5.97 Å². The van der Waals surface area contributed by atoms with Crippen LogP contribution in [0.3, 0.4) is 0 Å². The number of methoxy groups -OCH3 is 1. The van der Waals surface area contributed by atoms with Crippen LogP contribution in [0.5, 0.6) is 0 Å². The molecule has 2 N–H and O–H groups in total. The van der Waals surface area contributed by atoms with Crippen molar-refractivity contribution in [3.63, 3.8) is 0 Å². The van der Waals surface area contributed by atoms with Gasteiger partial charge in [0.05, 0.1) is 31.1 Å². The molecule has 0 aliphatic carbocycles. The van der Waals surface area contributed by atoms with Gasteiger partial charge in [-0.2, -0.15) is 0 Å². The number of fused-ring (bicyclic) bond motifs is 2. The minimum Gasteiger partial charge on any atom is -0.469 e. The molecule has 0 saturated heterocycles. The number of nitrogens with one attached hydrogen (secondary N) is 2. The van der Waals surface area contributed by atoms with E-state index in [1.807, 2.05) is 25.1 Å². The van der Waals surface area contributed by atoms with Crippen molar-refractivity contribution in [1.29, 1.82) is 0 Å². The van der Waals surface area contributed by atoms with Gasteiger partial charge in [-0.05, 0) is 42.3 Å². The number of imidazole rings is 1. The average Bonchev–Trinajstić information content (AvgIpc) is 3.17. The third kappa shape index (κ3) is 4.52. The zero-order chi connectivity index (χ0) is 23.7. The summed E-state index contributed by atoms with van der Waals surface area (Å²) in [7, 11) is 4.70. The fourth-order valence-electron chi connectivity index (χ4n) is 4.05. The lowest BCUT2D eigenvalue weighted by atomic mass is 10.1. The van der Waals surface area contributed by atoms with Gasteiger partial charge in [0.15, 0.2) is 0 Å². The Morgan fingerprint density at radius 1 is 1.27 bits per heavy atom. The van der Waals surface area contributed by atoms with E-state index in [0.29, 0.717) is 30.2 Å². The van der Waals surface area contributed by atoms with E-state index < -0.39 is 12.0 Å². The second kappa shape index (κ2) is 8.93. The average molecular weight is 450 g/mol. The smallest absolute Gasteiger partial charge is 0.308 e. The number of aromatic nitrogens is 2. The Bertz CT molecular complexity index is 1230. The van der Waals surface area contributed by atoms with E-state index in [4.69, 9.17) is 4.74 Å². The Morgan fingerprint density at radius 3 is 2.79 bits per heavy atom. The number of amides is 2. The fraction of sp³-hybridized carbons (Fsp3) is 0.333. The Morgan fingerprint density at radius 2 is 2.06 bits per heavy atom. The summed E-state index contributed by atoms with van der Waals surface area (Å²) in [5.74, 6) is -0.115. The highest BCUT2D eigenvalue weighted by molar-refractivity contribution is 5.95. The number of aryl methyl sites for hydroxylation is 1. The molecule has 4 rings (SSSR count). The molecule has 0 bridgehead atoms. The van der Waals surface area contributed by atoms with Gasteiger partial charge in [-0.1, -0.05) is 12.1 Å². The molecule has 0 unspecified atom stereocenters. The van der Waals surface area contributed by atoms with E-state index in [1.54, 1.807) is 42.1 Å². The standard InChI is InChI=1S/C24H27N5O4/c1-14-6-5-7-18-22(14)27-20(26-18)13-29(3)23(31)15-8-9-17-16(10-15)12-28(2)24(32)19(25-17)11-21(30)33-4/h5-10,19,25H,11-13H2,1-4H3,(H,26,27)/t19-/m0/s1. The molecule has 172 valence electrons. The number of anilines is 1. The lowest BCUT2D eigenvalue weighted by Gasteiger charge is -2.19. The zero-order valence-electron chi connectivity index (χ0n) is 19.1. The first-order chi connectivity index (χ1) is 15.8. The minimum atomic E-state index is -0.718. The van der Waals surface area contributed by atoms with E-state index in [-0.39, 0.29) is 18.2 Å². The van der Waals surface area contributed by atoms with Crippen molar-refractivity contribution in [3.05, 3.63) is 58.9 Å². The molecule has 2 amide bonds. The number of carbonyl (C=O) groups excluding carboxylic acids is 3. The van der Waals surface area contributed by atoms with E-state index in [9.17, 15) is 14.4 Å². The van der Waals surface area contributed by atoms with E-state index >= 15 is 0 Å². The first-order valence-corrected chi connectivity index (χ1v) is 10.7. The van der Waals surface area contributed by atoms with Gasteiger partial charge < -0.3 is 24.8 Å². The fourth-order valence-corrected chi connectivity index (χ4v) is 4.05. The predicted molar refractivity (Wildman–Crippen MR) is 124 cm³/mol. The lowest BCUT2D eigenvalue weighted by molar-refractivity contribution is -0.143. The number of hydrogen-bond acceptors (Lipinski definition) is 6. The van der Waals surface area contributed by atoms with Gasteiger partial charge in [0.1, 0.15) is 11.9 Å². The Balaban J connectivity index is 1.53. The summed E-state index contributed by atoms with van der Waals surface area (Å²) in [5, 5.41) is 3.13. The van der Waals surface area contributed by atoms with Crippen molar-refractivity contribution >= 4 is 34.5 Å². The van der Waals surface area contributed by atoms with Crippen LogP contribution in [0.15, 0.2) is 36.4 Å². The molecule has 33 heavy (non-hydrogen) atoms. The van der Waals surface area contributed by atoms with Gasteiger partial charge in [-0.25, -0.2) is 4.98 Å². The maximum absolute atomic E-state index is 13.1. The third-order valence-corrected chi connectivity index (χ3v) is 5.86. The molecule has 1 atom stereocenters. The van der Waals surface area contributed by atoms with Crippen LogP contribution in [-0.2, 0) is 27.4 Å². The van der Waals surface area contributed by atoms with Gasteiger partial charge in [-0.15, -0.1) is 0 Å². The van der Waals surface area contributed by atoms with Crippen LogP contribution in [0.25, 0.3) is 11.0 Å². The van der Waals surface area contributed by atoms with Crippen LogP contribution in [0.4, 0.5) is 5.69 Å². The Labute approximate surface area is 191 Å². The number of ether oxygens (including phenoxy) is 1. The molecular formula is C24H27N5O4. The largest absolute Gasteiger partial charge is 0.469 e. The molecule has 2 heterocycles. The summed E-state index contributed by atoms with van der Waals surface area (Å²) >= 11 is 0. The number of para-hydroxylation sites is 1. The van der Waals surface area contributed by atoms with Crippen molar-refractivity contribution in [2.24, 2.45) is 0 Å². The highest BCUT2D eigenvalue weighted by atomic mass is 16.5. The maximum Gasteiger partial charge on any atom is 0.308 e. The zero-order valence-corrected chi connectivity index (χ0v) is 19.1. The Kier molecular flexibility index (Phi) is 6.04. The number of likely N-dealkylation sites (N-methyl/N-ethyl adjacent to an activating group) is 1. The molecule has 1 aliphatic rings. The van der Waals surface area contributed by atoms with Crippen LogP contribution < -0.4 is 5.32 Å². The van der Waals surface area contributed by atoms with Gasteiger partial charge in [0, 0.05) is 31.9 Å². The summed E-state index contributed by atoms with van der Waals surface area (Å²) in [6.07, 6.45) is -0.0699. The van der Waals surface area contributed by atoms with Crippen LogP contribution in [0.2, 0.25) is 0 Å². The highest BCUT2D eigenvalue weighted by Gasteiger charge is 2.30. The van der Waals surface area contributed by atoms with Crippen LogP contribution >= 0.6 is 0 Å². The SMILES string of the molecule is COC(=O)C[C@@H]1Nc2ccc(C(=O)N(C)Cc3nc4c(C)cccc4[nH]3)cc2CN(C)C1=O. The number of hydrogen-bond donors (Lipinski definition) is 2. The van der Waals surface area contributed by atoms with Crippen molar-refractivity contribution in [3.8, 4) is 0 Å². The third-order valence-electron chi connectivity index (χ3n) is 5.86. The van der Waals surface area contributed by atoms with Crippen molar-refractivity contribution < 1.29 is 19.1 Å². The number of H-pyrrole nitrogens is 1. The number of rotatable bonds is 5. The lowest BCUT2D eigenvalue weighted by Crippen LogP contribution is -2.39. The molecule has 3 aromatic rings. The quantitative estimate of drug-likeness (QED) is 0.580. The summed E-state index contributed by atoms with van der Waals surface area (Å²) in [6.45, 7) is 2.66. The van der Waals surface area contributed by atoms with Crippen molar-refractivity contribution in [2.75, 3.05) is 26.5 Å². The first-order valence-electron chi connectivity index (χ1n) is 10.7. The summed E-state index contributed by atoms with van der Waals surface area (Å²) in [6, 6.07) is 10.5. The van der Waals surface area contributed by atoms with E-state index in [2.05, 4.69) is 15.3 Å². The van der Waals surface area contributed by atoms with Crippen LogP contribution in [0, 0.1) is 6.92 Å². The topological polar surface area (TPSA) is 108 Å². The molecule has 0 radical (unpaired) electrons. The summed E-state index contributed by atoms with van der Waals surface area (Å²) in [4.78, 5) is 48.5. The molecule has 0 spiro atoms. The molecule has 0 saturated carbocycles. The van der Waals surface area contributed by atoms with E-state index in [1.165, 1.54) is 7.11 Å². The number of nitrogens with zero attached hydrogens (tertiary/aromatic N) is 3. The molecule has 9 heteroatoms. The summed E-state index contributed by atoms with van der Waals surface area (Å²) < 4.78 is 4.71. The molecule has 0 fully saturated rings. The predicted octanol–water partition coefficient (Wildman–Crippen LogP) is 2.46. The van der Waals surface area contributed by atoms with Crippen LogP contribution in [-0.4, -0.2) is 64.8 Å². The second-order valence-corrected chi connectivity index (χ2v) is 8.36. The molecule has 9 nitrogen and oxygen atoms in total. The van der Waals surface area contributed by atoms with Crippen molar-refractivity contribution in [1.82, 2.24) is 19.8 Å². The Hall–Kier alpha value is -3.88.